The summed E-state index contributed by atoms with van der Waals surface area (Å²) in [7, 11) is -2.18. The second kappa shape index (κ2) is 16.4. The van der Waals surface area contributed by atoms with Gasteiger partial charge in [0.2, 0.25) is 0 Å². The van der Waals surface area contributed by atoms with Gasteiger partial charge in [0.05, 0.1) is 30.4 Å². The average Bonchev–Trinajstić information content (AvgIpc) is 3.59. The third-order valence-corrected chi connectivity index (χ3v) is 11.1. The van der Waals surface area contributed by atoms with E-state index in [1.54, 1.807) is 59.7 Å². The molecule has 0 radical (unpaired) electrons. The summed E-state index contributed by atoms with van der Waals surface area (Å²) in [6, 6.07) is 16.2. The number of carbonyl (C=O) groups is 2. The zero-order valence-electron chi connectivity index (χ0n) is 26.7. The number of anilines is 2. The summed E-state index contributed by atoms with van der Waals surface area (Å²) < 4.78 is 40.5. The van der Waals surface area contributed by atoms with Gasteiger partial charge in [-0.15, -0.1) is 11.3 Å². The van der Waals surface area contributed by atoms with E-state index in [1.165, 1.54) is 11.4 Å². The predicted molar refractivity (Wildman–Crippen MR) is 180 cm³/mol. The molecule has 0 unspecified atom stereocenters. The Labute approximate surface area is 275 Å². The number of urea groups is 1. The number of aliphatic hydroxyl groups excluding tert-OH is 1. The predicted octanol–water partition coefficient (Wildman–Crippen LogP) is 5.51. The number of hydrogen-bond acceptors (Lipinski definition) is 8. The van der Waals surface area contributed by atoms with Gasteiger partial charge in [0.25, 0.3) is 15.9 Å². The molecule has 4 atom stereocenters. The molecule has 0 aliphatic carbocycles. The molecule has 1 aromatic heterocycles. The Morgan fingerprint density at radius 3 is 2.52 bits per heavy atom. The van der Waals surface area contributed by atoms with Crippen LogP contribution in [0.1, 0.15) is 50.4 Å². The Kier molecular flexibility index (Phi) is 12.6. The molecule has 11 nitrogen and oxygen atoms in total. The van der Waals surface area contributed by atoms with E-state index in [1.807, 2.05) is 32.0 Å². The van der Waals surface area contributed by atoms with Gasteiger partial charge in [0.1, 0.15) is 9.96 Å². The van der Waals surface area contributed by atoms with Crippen LogP contribution in [0.3, 0.4) is 0 Å². The van der Waals surface area contributed by atoms with Crippen molar-refractivity contribution in [1.82, 2.24) is 9.21 Å². The molecule has 3 N–H and O–H groups in total. The van der Waals surface area contributed by atoms with Crippen LogP contribution in [0.2, 0.25) is 0 Å². The Morgan fingerprint density at radius 2 is 1.83 bits per heavy atom. The van der Waals surface area contributed by atoms with Crippen molar-refractivity contribution in [2.24, 2.45) is 5.92 Å². The molecule has 1 aliphatic rings. The minimum absolute atomic E-state index is 0.0949. The summed E-state index contributed by atoms with van der Waals surface area (Å²) in [5.74, 6) is -0.317. The second-order valence-electron chi connectivity index (χ2n) is 11.7. The number of thiophene rings is 1. The number of nitrogens with one attached hydrogen (secondary N) is 2. The van der Waals surface area contributed by atoms with Crippen molar-refractivity contribution >= 4 is 44.7 Å². The van der Waals surface area contributed by atoms with Crippen LogP contribution in [0.15, 0.2) is 70.3 Å². The topological polar surface area (TPSA) is 138 Å². The zero-order chi connectivity index (χ0) is 33.3. The molecule has 46 heavy (non-hydrogen) atoms. The number of amides is 3. The lowest BCUT2D eigenvalue weighted by molar-refractivity contribution is -0.00832. The Morgan fingerprint density at radius 1 is 1.09 bits per heavy atom. The van der Waals surface area contributed by atoms with Crippen LogP contribution in [0.4, 0.5) is 16.2 Å². The normalized spacial score (nSPS) is 20.7. The number of fused-ring (bicyclic) bond motifs is 1. The number of likely N-dealkylation sites (N-methyl/N-ethyl adjacent to an activating group) is 1. The lowest BCUT2D eigenvalue weighted by atomic mass is 10.0. The molecule has 3 amide bonds. The second-order valence-corrected chi connectivity index (χ2v) is 14.9. The highest BCUT2D eigenvalue weighted by Crippen LogP contribution is 2.29. The summed E-state index contributed by atoms with van der Waals surface area (Å²) in [6.07, 6.45) is 1.53. The van der Waals surface area contributed by atoms with Gasteiger partial charge in [0, 0.05) is 44.0 Å². The number of rotatable bonds is 8. The fourth-order valence-electron chi connectivity index (χ4n) is 5.19. The SMILES string of the molecule is C[C@@H]1CN([C@@H](C)CO)C(=O)c2cc(NC(=O)Nc3ccccc3)ccc2O[C@@H](C)CCCCO[C@H]1CN(C)S(=O)(=O)c1cccs1. The van der Waals surface area contributed by atoms with Crippen molar-refractivity contribution in [3.8, 4) is 5.75 Å². The van der Waals surface area contributed by atoms with Crippen LogP contribution >= 0.6 is 11.3 Å². The average molecular weight is 673 g/mol. The standard InChI is InChI=1S/C33H44N4O7S2/c1-23-20-37(24(2)22-38)32(39)28-19-27(35-33(40)34-26-12-6-5-7-13-26)15-16-29(28)44-25(3)11-8-9-17-43-30(23)21-36(4)46(41,42)31-14-10-18-45-31/h5-7,10,12-16,18-19,23-25,30,38H,8-9,11,17,20-22H2,1-4H3,(H2,34,35,40)/t23-,24+,25+,30+/m1/s1. The highest BCUT2D eigenvalue weighted by molar-refractivity contribution is 7.91. The van der Waals surface area contributed by atoms with E-state index < -0.39 is 34.1 Å². The molecule has 0 saturated carbocycles. The highest BCUT2D eigenvalue weighted by Gasteiger charge is 2.32. The van der Waals surface area contributed by atoms with Crippen LogP contribution in [0.25, 0.3) is 0 Å². The lowest BCUT2D eigenvalue weighted by Gasteiger charge is -2.35. The van der Waals surface area contributed by atoms with Gasteiger partial charge in [-0.2, -0.15) is 4.31 Å². The smallest absolute Gasteiger partial charge is 0.323 e. The number of hydrogen-bond donors (Lipinski definition) is 3. The molecule has 2 heterocycles. The van der Waals surface area contributed by atoms with Crippen molar-refractivity contribution in [2.45, 2.75) is 62.5 Å². The maximum atomic E-state index is 14.3. The number of ether oxygens (including phenoxy) is 2. The summed E-state index contributed by atoms with van der Waals surface area (Å²) in [4.78, 5) is 28.6. The van der Waals surface area contributed by atoms with Gasteiger partial charge in [-0.25, -0.2) is 13.2 Å². The van der Waals surface area contributed by atoms with Crippen molar-refractivity contribution in [2.75, 3.05) is 44.0 Å². The fraction of sp³-hybridized carbons (Fsp3) is 0.455. The molecule has 2 aromatic carbocycles. The molecule has 0 fully saturated rings. The summed E-state index contributed by atoms with van der Waals surface area (Å²) >= 11 is 1.16. The Balaban J connectivity index is 1.62. The van der Waals surface area contributed by atoms with Gasteiger partial charge < -0.3 is 30.1 Å². The number of nitrogens with zero attached hydrogens (tertiary/aromatic N) is 2. The number of para-hydroxylation sites is 1. The van der Waals surface area contributed by atoms with Crippen LogP contribution in [-0.2, 0) is 14.8 Å². The number of sulfonamides is 1. The lowest BCUT2D eigenvalue weighted by Crippen LogP contribution is -2.48. The van der Waals surface area contributed by atoms with Crippen molar-refractivity contribution in [1.29, 1.82) is 0 Å². The van der Waals surface area contributed by atoms with Crippen LogP contribution in [-0.4, -0.2) is 86.3 Å². The van der Waals surface area contributed by atoms with Gasteiger partial charge in [0.15, 0.2) is 0 Å². The van der Waals surface area contributed by atoms with E-state index in [0.29, 0.717) is 30.2 Å². The van der Waals surface area contributed by atoms with E-state index in [2.05, 4.69) is 10.6 Å². The molecule has 4 rings (SSSR count). The minimum atomic E-state index is -3.71. The largest absolute Gasteiger partial charge is 0.490 e. The van der Waals surface area contributed by atoms with Crippen LogP contribution in [0, 0.1) is 5.92 Å². The van der Waals surface area contributed by atoms with E-state index >= 15 is 0 Å². The highest BCUT2D eigenvalue weighted by atomic mass is 32.2. The first-order valence-corrected chi connectivity index (χ1v) is 17.8. The molecule has 1 aliphatic heterocycles. The van der Waals surface area contributed by atoms with E-state index in [-0.39, 0.29) is 41.5 Å². The van der Waals surface area contributed by atoms with Gasteiger partial charge in [-0.3, -0.25) is 4.79 Å². The monoisotopic (exact) mass is 672 g/mol. The quantitative estimate of drug-likeness (QED) is 0.287. The number of aliphatic hydroxyl groups is 1. The molecule has 13 heteroatoms. The maximum absolute atomic E-state index is 14.3. The molecule has 0 spiro atoms. The van der Waals surface area contributed by atoms with Gasteiger partial charge >= 0.3 is 6.03 Å². The molecular weight excluding hydrogens is 629 g/mol. The Hall–Kier alpha value is -3.49. The summed E-state index contributed by atoms with van der Waals surface area (Å²) in [5.41, 5.74) is 1.25. The van der Waals surface area contributed by atoms with Crippen molar-refractivity contribution < 1.29 is 32.6 Å². The molecular formula is C33H44N4O7S2. The van der Waals surface area contributed by atoms with E-state index in [9.17, 15) is 23.1 Å². The Bertz CT molecular complexity index is 1540. The first-order valence-electron chi connectivity index (χ1n) is 15.5. The zero-order valence-corrected chi connectivity index (χ0v) is 28.4. The maximum Gasteiger partial charge on any atom is 0.323 e. The number of carbonyl (C=O) groups excluding carboxylic acids is 2. The van der Waals surface area contributed by atoms with Crippen molar-refractivity contribution in [3.05, 3.63) is 71.6 Å². The van der Waals surface area contributed by atoms with Gasteiger partial charge in [-0.1, -0.05) is 31.2 Å². The van der Waals surface area contributed by atoms with Crippen LogP contribution < -0.4 is 15.4 Å². The molecule has 3 aromatic rings. The molecule has 250 valence electrons. The molecule has 0 saturated heterocycles. The first-order chi connectivity index (χ1) is 22.0. The minimum Gasteiger partial charge on any atom is -0.490 e. The van der Waals surface area contributed by atoms with E-state index in [0.717, 1.165) is 24.2 Å². The summed E-state index contributed by atoms with van der Waals surface area (Å²) in [5, 5.41) is 17.5. The summed E-state index contributed by atoms with van der Waals surface area (Å²) in [6.45, 7) is 6.00. The first kappa shape index (κ1) is 35.4. The van der Waals surface area contributed by atoms with Crippen molar-refractivity contribution in [3.63, 3.8) is 0 Å². The third kappa shape index (κ3) is 9.29. The third-order valence-electron chi connectivity index (χ3n) is 7.94. The molecule has 0 bridgehead atoms. The van der Waals surface area contributed by atoms with Crippen LogP contribution in [0.5, 0.6) is 5.75 Å². The fourth-order valence-corrected chi connectivity index (χ4v) is 7.58. The number of benzene rings is 2. The van der Waals surface area contributed by atoms with E-state index in [4.69, 9.17) is 9.47 Å². The van der Waals surface area contributed by atoms with Gasteiger partial charge in [-0.05, 0) is 74.9 Å².